The van der Waals surface area contributed by atoms with E-state index in [0.717, 1.165) is 6.20 Å². The second-order valence-electron chi connectivity index (χ2n) is 5.11. The fraction of sp³-hybridized carbons (Fsp3) is 0.0625. The van der Waals surface area contributed by atoms with E-state index in [9.17, 15) is 18.0 Å². The summed E-state index contributed by atoms with van der Waals surface area (Å²) in [6, 6.07) is 8.41. The number of hydrogen-bond acceptors (Lipinski definition) is 3. The van der Waals surface area contributed by atoms with Gasteiger partial charge in [0, 0.05) is 11.2 Å². The largest absolute Gasteiger partial charge is 0.434 e. The van der Waals surface area contributed by atoms with Crippen molar-refractivity contribution < 1.29 is 18.0 Å². The molecule has 3 rings (SSSR count). The Morgan fingerprint density at radius 2 is 1.65 bits per heavy atom. The van der Waals surface area contributed by atoms with Crippen LogP contribution in [0, 0.1) is 0 Å². The molecule has 0 saturated carbocycles. The van der Waals surface area contributed by atoms with Gasteiger partial charge in [-0.2, -0.15) is 18.3 Å². The van der Waals surface area contributed by atoms with Crippen molar-refractivity contribution >= 4 is 34.9 Å². The third kappa shape index (κ3) is 3.81. The molecule has 3 aromatic rings. The minimum Gasteiger partial charge on any atom is -0.306 e. The number of hydrogen-bond donors (Lipinski definition) is 1. The zero-order valence-electron chi connectivity index (χ0n) is 12.8. The normalized spacial score (nSPS) is 11.4. The summed E-state index contributed by atoms with van der Waals surface area (Å²) < 4.78 is 41.3. The van der Waals surface area contributed by atoms with Gasteiger partial charge in [0.1, 0.15) is 5.82 Å². The Balaban J connectivity index is 2.00. The number of pyridine rings is 1. The molecule has 0 spiro atoms. The van der Waals surface area contributed by atoms with Crippen molar-refractivity contribution in [2.24, 2.45) is 0 Å². The van der Waals surface area contributed by atoms with Crippen LogP contribution in [-0.2, 0) is 6.18 Å². The van der Waals surface area contributed by atoms with Gasteiger partial charge in [0.2, 0.25) is 0 Å². The quantitative estimate of drug-likeness (QED) is 0.683. The summed E-state index contributed by atoms with van der Waals surface area (Å²) in [6.45, 7) is 0. The fourth-order valence-corrected chi connectivity index (χ4v) is 2.44. The fourth-order valence-electron chi connectivity index (χ4n) is 2.20. The molecule has 134 valence electrons. The first-order chi connectivity index (χ1) is 12.3. The highest BCUT2D eigenvalue weighted by atomic mass is 35.5. The lowest BCUT2D eigenvalue weighted by molar-refractivity contribution is -0.143. The van der Waals surface area contributed by atoms with Gasteiger partial charge in [-0.25, -0.2) is 9.67 Å². The Labute approximate surface area is 155 Å². The molecule has 0 fully saturated rings. The van der Waals surface area contributed by atoms with Crippen molar-refractivity contribution in [1.29, 1.82) is 0 Å². The van der Waals surface area contributed by atoms with E-state index in [1.165, 1.54) is 42.6 Å². The molecule has 1 amide bonds. The summed E-state index contributed by atoms with van der Waals surface area (Å²) in [6.07, 6.45) is -2.70. The van der Waals surface area contributed by atoms with E-state index in [4.69, 9.17) is 23.2 Å². The van der Waals surface area contributed by atoms with Crippen LogP contribution in [0.15, 0.2) is 48.8 Å². The number of carbonyl (C=O) groups is 1. The van der Waals surface area contributed by atoms with Crippen LogP contribution in [-0.4, -0.2) is 20.7 Å². The van der Waals surface area contributed by atoms with Crippen molar-refractivity contribution in [1.82, 2.24) is 14.8 Å². The maximum absolute atomic E-state index is 13.6. The lowest BCUT2D eigenvalue weighted by atomic mass is 10.2. The number of rotatable bonds is 3. The van der Waals surface area contributed by atoms with Gasteiger partial charge in [-0.1, -0.05) is 23.2 Å². The zero-order valence-corrected chi connectivity index (χ0v) is 14.3. The van der Waals surface area contributed by atoms with Crippen LogP contribution >= 0.6 is 23.2 Å². The van der Waals surface area contributed by atoms with E-state index in [-0.39, 0.29) is 11.5 Å². The van der Waals surface area contributed by atoms with Gasteiger partial charge in [0.15, 0.2) is 5.69 Å². The maximum atomic E-state index is 13.6. The SMILES string of the molecule is O=C(Nc1ccc(Cl)cn1)c1cnn(-c2ccc(Cl)cc2)c1C(F)(F)F. The smallest absolute Gasteiger partial charge is 0.306 e. The molecule has 0 aliphatic heterocycles. The minimum atomic E-state index is -4.81. The number of nitrogens with one attached hydrogen (secondary N) is 1. The average molecular weight is 401 g/mol. The van der Waals surface area contributed by atoms with E-state index in [0.29, 0.717) is 14.7 Å². The van der Waals surface area contributed by atoms with Crippen molar-refractivity contribution in [3.05, 3.63) is 70.1 Å². The summed E-state index contributed by atoms with van der Waals surface area (Å²) in [5.41, 5.74) is -1.72. The molecule has 0 unspecified atom stereocenters. The molecule has 0 atom stereocenters. The number of benzene rings is 1. The lowest BCUT2D eigenvalue weighted by Crippen LogP contribution is -2.21. The van der Waals surface area contributed by atoms with Crippen LogP contribution in [0.3, 0.4) is 0 Å². The third-order valence-electron chi connectivity index (χ3n) is 3.32. The molecule has 26 heavy (non-hydrogen) atoms. The first-order valence-corrected chi connectivity index (χ1v) is 7.85. The van der Waals surface area contributed by atoms with Gasteiger partial charge in [-0.15, -0.1) is 0 Å². The summed E-state index contributed by atoms with van der Waals surface area (Å²) in [5, 5.41) is 6.69. The number of halogens is 5. The number of anilines is 1. The molecule has 0 bridgehead atoms. The van der Waals surface area contributed by atoms with Crippen LogP contribution in [0.4, 0.5) is 19.0 Å². The van der Waals surface area contributed by atoms with E-state index < -0.39 is 23.3 Å². The van der Waals surface area contributed by atoms with Crippen LogP contribution in [0.5, 0.6) is 0 Å². The molecular formula is C16H9Cl2F3N4O. The van der Waals surface area contributed by atoms with Gasteiger partial charge in [0.25, 0.3) is 5.91 Å². The molecule has 0 aliphatic rings. The summed E-state index contributed by atoms with van der Waals surface area (Å²) in [4.78, 5) is 16.1. The molecule has 5 nitrogen and oxygen atoms in total. The van der Waals surface area contributed by atoms with Gasteiger partial charge in [-0.05, 0) is 36.4 Å². The molecule has 0 saturated heterocycles. The second kappa shape index (κ2) is 6.97. The topological polar surface area (TPSA) is 59.8 Å². The molecule has 10 heteroatoms. The first-order valence-electron chi connectivity index (χ1n) is 7.10. The molecule has 0 aliphatic carbocycles. The highest BCUT2D eigenvalue weighted by Crippen LogP contribution is 2.34. The van der Waals surface area contributed by atoms with Gasteiger partial charge < -0.3 is 5.32 Å². The van der Waals surface area contributed by atoms with Crippen molar-refractivity contribution in [2.75, 3.05) is 5.32 Å². The van der Waals surface area contributed by atoms with Crippen LogP contribution in [0.25, 0.3) is 5.69 Å². The summed E-state index contributed by atoms with van der Waals surface area (Å²) >= 11 is 11.4. The monoisotopic (exact) mass is 400 g/mol. The number of alkyl halides is 3. The minimum absolute atomic E-state index is 0.0618. The number of carbonyl (C=O) groups excluding carboxylic acids is 1. The maximum Gasteiger partial charge on any atom is 0.434 e. The molecule has 1 aromatic carbocycles. The van der Waals surface area contributed by atoms with Crippen molar-refractivity contribution in [3.63, 3.8) is 0 Å². The standard InChI is InChI=1S/C16H9Cl2F3N4O/c17-9-1-4-11(5-2-9)25-14(16(19,20)21)12(8-23-25)15(26)24-13-6-3-10(18)7-22-13/h1-8H,(H,22,24,26). The zero-order chi connectivity index (χ0) is 18.9. The Morgan fingerprint density at radius 3 is 2.23 bits per heavy atom. The summed E-state index contributed by atoms with van der Waals surface area (Å²) in [7, 11) is 0. The third-order valence-corrected chi connectivity index (χ3v) is 3.80. The molecule has 2 aromatic heterocycles. The Hall–Kier alpha value is -2.58. The highest BCUT2D eigenvalue weighted by Gasteiger charge is 2.40. The van der Waals surface area contributed by atoms with Gasteiger partial charge in [-0.3, -0.25) is 4.79 Å². The number of aromatic nitrogens is 3. The lowest BCUT2D eigenvalue weighted by Gasteiger charge is -2.12. The average Bonchev–Trinajstić information content (AvgIpc) is 3.03. The predicted molar refractivity (Wildman–Crippen MR) is 90.8 cm³/mol. The molecule has 1 N–H and O–H groups in total. The summed E-state index contributed by atoms with van der Waals surface area (Å²) in [5.74, 6) is -0.931. The molecule has 0 radical (unpaired) electrons. The number of nitrogens with zero attached hydrogens (tertiary/aromatic N) is 3. The van der Waals surface area contributed by atoms with Gasteiger partial charge >= 0.3 is 6.18 Å². The molecular weight excluding hydrogens is 392 g/mol. The van der Waals surface area contributed by atoms with E-state index in [1.54, 1.807) is 0 Å². The van der Waals surface area contributed by atoms with Gasteiger partial charge in [0.05, 0.1) is 22.5 Å². The molecule has 2 heterocycles. The second-order valence-corrected chi connectivity index (χ2v) is 5.98. The highest BCUT2D eigenvalue weighted by molar-refractivity contribution is 6.30. The van der Waals surface area contributed by atoms with Crippen molar-refractivity contribution in [3.8, 4) is 5.69 Å². The Kier molecular flexibility index (Phi) is 4.88. The number of amides is 1. The van der Waals surface area contributed by atoms with Crippen LogP contribution in [0.1, 0.15) is 16.1 Å². The van der Waals surface area contributed by atoms with E-state index >= 15 is 0 Å². The van der Waals surface area contributed by atoms with Crippen molar-refractivity contribution in [2.45, 2.75) is 6.18 Å². The Bertz CT molecular complexity index is 938. The predicted octanol–water partition coefficient (Wildman–Crippen LogP) is 4.85. The van der Waals surface area contributed by atoms with Crippen LogP contribution < -0.4 is 5.32 Å². The first kappa shape index (κ1) is 18.2. The Morgan fingerprint density at radius 1 is 1.00 bits per heavy atom. The van der Waals surface area contributed by atoms with E-state index in [1.807, 2.05) is 0 Å². The van der Waals surface area contributed by atoms with Crippen LogP contribution in [0.2, 0.25) is 10.0 Å². The van der Waals surface area contributed by atoms with E-state index in [2.05, 4.69) is 15.4 Å².